The molecule has 0 aliphatic carbocycles. The maximum atomic E-state index is 12.4. The number of hydrogen-bond donors (Lipinski definition) is 0. The Labute approximate surface area is 142 Å². The van der Waals surface area contributed by atoms with Crippen LogP contribution in [0.5, 0.6) is 17.2 Å². The third-order valence-electron chi connectivity index (χ3n) is 3.82. The minimum Gasteiger partial charge on any atom is -0.493 e. The molecule has 5 nitrogen and oxygen atoms in total. The van der Waals surface area contributed by atoms with Gasteiger partial charge in [0.05, 0.1) is 14.2 Å². The third-order valence-corrected chi connectivity index (χ3v) is 3.82. The second-order valence-corrected chi connectivity index (χ2v) is 5.46. The van der Waals surface area contributed by atoms with Crippen molar-refractivity contribution in [2.75, 3.05) is 27.9 Å². The standard InChI is InChI=1S/C19H23NO4/c1-14-8-5-6-9-15(14)12-20(2)18(21)13-24-19-16(22-3)10-7-11-17(19)23-4/h5-11H,12-13H2,1-4H3. The molecule has 0 aliphatic rings. The number of hydrogen-bond acceptors (Lipinski definition) is 4. The fourth-order valence-corrected chi connectivity index (χ4v) is 2.33. The predicted molar refractivity (Wildman–Crippen MR) is 92.7 cm³/mol. The van der Waals surface area contributed by atoms with E-state index in [-0.39, 0.29) is 12.5 Å². The molecule has 2 rings (SSSR count). The Bertz CT molecular complexity index is 677. The monoisotopic (exact) mass is 329 g/mol. The van der Waals surface area contributed by atoms with Crippen molar-refractivity contribution >= 4 is 5.91 Å². The zero-order valence-corrected chi connectivity index (χ0v) is 14.5. The molecule has 0 saturated heterocycles. The summed E-state index contributed by atoms with van der Waals surface area (Å²) in [5.74, 6) is 1.37. The number of carbonyl (C=O) groups is 1. The average Bonchev–Trinajstić information content (AvgIpc) is 2.61. The zero-order chi connectivity index (χ0) is 17.5. The highest BCUT2D eigenvalue weighted by Crippen LogP contribution is 2.36. The van der Waals surface area contributed by atoms with Gasteiger partial charge in [0.25, 0.3) is 5.91 Å². The van der Waals surface area contributed by atoms with Crippen LogP contribution in [0.3, 0.4) is 0 Å². The van der Waals surface area contributed by atoms with Gasteiger partial charge in [-0.3, -0.25) is 4.79 Å². The van der Waals surface area contributed by atoms with Gasteiger partial charge in [0.2, 0.25) is 5.75 Å². The van der Waals surface area contributed by atoms with E-state index in [2.05, 4.69) is 0 Å². The first-order valence-corrected chi connectivity index (χ1v) is 7.69. The first-order chi connectivity index (χ1) is 11.6. The maximum Gasteiger partial charge on any atom is 0.260 e. The number of ether oxygens (including phenoxy) is 3. The van der Waals surface area contributed by atoms with Gasteiger partial charge < -0.3 is 19.1 Å². The normalized spacial score (nSPS) is 10.2. The van der Waals surface area contributed by atoms with Gasteiger partial charge in [0.15, 0.2) is 18.1 Å². The Balaban J connectivity index is 2.02. The Hall–Kier alpha value is -2.69. The highest BCUT2D eigenvalue weighted by atomic mass is 16.5. The maximum absolute atomic E-state index is 12.4. The van der Waals surface area contributed by atoms with E-state index in [1.807, 2.05) is 31.2 Å². The van der Waals surface area contributed by atoms with E-state index in [9.17, 15) is 4.79 Å². The lowest BCUT2D eigenvalue weighted by atomic mass is 10.1. The van der Waals surface area contributed by atoms with Crippen LogP contribution in [-0.2, 0) is 11.3 Å². The molecule has 0 aromatic heterocycles. The van der Waals surface area contributed by atoms with Gasteiger partial charge in [-0.1, -0.05) is 30.3 Å². The molecule has 0 N–H and O–H groups in total. The number of rotatable bonds is 7. The second kappa shape index (κ2) is 8.24. The Kier molecular flexibility index (Phi) is 6.07. The van der Waals surface area contributed by atoms with Crippen LogP contribution < -0.4 is 14.2 Å². The minimum absolute atomic E-state index is 0.0842. The number of nitrogens with zero attached hydrogens (tertiary/aromatic N) is 1. The molecule has 0 heterocycles. The van der Waals surface area contributed by atoms with E-state index in [0.29, 0.717) is 23.8 Å². The molecule has 0 saturated carbocycles. The van der Waals surface area contributed by atoms with Crippen molar-refractivity contribution in [2.24, 2.45) is 0 Å². The van der Waals surface area contributed by atoms with E-state index < -0.39 is 0 Å². The molecule has 0 radical (unpaired) electrons. The Morgan fingerprint density at radius 2 is 1.62 bits per heavy atom. The van der Waals surface area contributed by atoms with Crippen LogP contribution in [-0.4, -0.2) is 38.7 Å². The van der Waals surface area contributed by atoms with Crippen molar-refractivity contribution in [2.45, 2.75) is 13.5 Å². The number of likely N-dealkylation sites (N-methyl/N-ethyl adjacent to an activating group) is 1. The van der Waals surface area contributed by atoms with Crippen LogP contribution in [0.2, 0.25) is 0 Å². The Morgan fingerprint density at radius 3 is 2.21 bits per heavy atom. The molecular weight excluding hydrogens is 306 g/mol. The Morgan fingerprint density at radius 1 is 1.00 bits per heavy atom. The molecule has 0 unspecified atom stereocenters. The lowest BCUT2D eigenvalue weighted by Crippen LogP contribution is -2.31. The van der Waals surface area contributed by atoms with Crippen LogP contribution in [0.15, 0.2) is 42.5 Å². The number of carbonyl (C=O) groups excluding carboxylic acids is 1. The molecule has 0 atom stereocenters. The van der Waals surface area contributed by atoms with Crippen LogP contribution in [0.25, 0.3) is 0 Å². The summed E-state index contributed by atoms with van der Waals surface area (Å²) in [7, 11) is 4.86. The van der Waals surface area contributed by atoms with E-state index in [4.69, 9.17) is 14.2 Å². The van der Waals surface area contributed by atoms with Gasteiger partial charge >= 0.3 is 0 Å². The van der Waals surface area contributed by atoms with E-state index in [1.54, 1.807) is 44.4 Å². The molecular formula is C19H23NO4. The third kappa shape index (κ3) is 4.19. The van der Waals surface area contributed by atoms with Gasteiger partial charge in [0, 0.05) is 13.6 Å². The van der Waals surface area contributed by atoms with Crippen molar-refractivity contribution in [3.05, 3.63) is 53.6 Å². The summed E-state index contributed by atoms with van der Waals surface area (Å²) in [6.07, 6.45) is 0. The van der Waals surface area contributed by atoms with Gasteiger partial charge in [-0.15, -0.1) is 0 Å². The highest BCUT2D eigenvalue weighted by Gasteiger charge is 2.16. The molecule has 0 aliphatic heterocycles. The molecule has 0 bridgehead atoms. The van der Waals surface area contributed by atoms with Crippen molar-refractivity contribution < 1.29 is 19.0 Å². The van der Waals surface area contributed by atoms with E-state index in [1.165, 1.54) is 0 Å². The van der Waals surface area contributed by atoms with E-state index >= 15 is 0 Å². The van der Waals surface area contributed by atoms with Gasteiger partial charge in [-0.25, -0.2) is 0 Å². The van der Waals surface area contributed by atoms with Crippen molar-refractivity contribution in [3.63, 3.8) is 0 Å². The fourth-order valence-electron chi connectivity index (χ4n) is 2.33. The highest BCUT2D eigenvalue weighted by molar-refractivity contribution is 5.77. The summed E-state index contributed by atoms with van der Waals surface area (Å²) >= 11 is 0. The molecule has 2 aromatic carbocycles. The average molecular weight is 329 g/mol. The zero-order valence-electron chi connectivity index (χ0n) is 14.5. The predicted octanol–water partition coefficient (Wildman–Crippen LogP) is 3.05. The number of benzene rings is 2. The largest absolute Gasteiger partial charge is 0.493 e. The fraction of sp³-hybridized carbons (Fsp3) is 0.316. The van der Waals surface area contributed by atoms with E-state index in [0.717, 1.165) is 11.1 Å². The SMILES string of the molecule is COc1cccc(OC)c1OCC(=O)N(C)Cc1ccccc1C. The van der Waals surface area contributed by atoms with Crippen molar-refractivity contribution in [3.8, 4) is 17.2 Å². The van der Waals surface area contributed by atoms with Crippen LogP contribution >= 0.6 is 0 Å². The lowest BCUT2D eigenvalue weighted by Gasteiger charge is -2.20. The second-order valence-electron chi connectivity index (χ2n) is 5.46. The lowest BCUT2D eigenvalue weighted by molar-refractivity contribution is -0.132. The quantitative estimate of drug-likeness (QED) is 0.783. The van der Waals surface area contributed by atoms with Crippen LogP contribution in [0.4, 0.5) is 0 Å². The summed E-state index contributed by atoms with van der Waals surface area (Å²) in [5, 5.41) is 0. The summed E-state index contributed by atoms with van der Waals surface area (Å²) in [4.78, 5) is 14.0. The van der Waals surface area contributed by atoms with Gasteiger partial charge in [0.1, 0.15) is 0 Å². The summed E-state index contributed by atoms with van der Waals surface area (Å²) in [6.45, 7) is 2.49. The molecule has 1 amide bonds. The molecule has 5 heteroatoms. The first-order valence-electron chi connectivity index (χ1n) is 7.69. The summed E-state index contributed by atoms with van der Waals surface area (Å²) in [6, 6.07) is 13.3. The summed E-state index contributed by atoms with van der Waals surface area (Å²) in [5.41, 5.74) is 2.27. The number of amides is 1. The van der Waals surface area contributed by atoms with Crippen LogP contribution in [0.1, 0.15) is 11.1 Å². The van der Waals surface area contributed by atoms with Crippen molar-refractivity contribution in [1.82, 2.24) is 4.90 Å². The summed E-state index contributed by atoms with van der Waals surface area (Å²) < 4.78 is 16.2. The molecule has 128 valence electrons. The topological polar surface area (TPSA) is 48.0 Å². The van der Waals surface area contributed by atoms with Crippen molar-refractivity contribution in [1.29, 1.82) is 0 Å². The molecule has 0 fully saturated rings. The van der Waals surface area contributed by atoms with Gasteiger partial charge in [-0.2, -0.15) is 0 Å². The first kappa shape index (κ1) is 17.7. The molecule has 2 aromatic rings. The number of methoxy groups -OCH3 is 2. The van der Waals surface area contributed by atoms with Crippen LogP contribution in [0, 0.1) is 6.92 Å². The number of aryl methyl sites for hydroxylation is 1. The molecule has 24 heavy (non-hydrogen) atoms. The number of para-hydroxylation sites is 1. The van der Waals surface area contributed by atoms with Gasteiger partial charge in [-0.05, 0) is 30.2 Å². The smallest absolute Gasteiger partial charge is 0.260 e. The molecule has 0 spiro atoms. The minimum atomic E-state index is -0.119.